The number of hydrogen-bond acceptors (Lipinski definition) is 3. The molecule has 0 aromatic carbocycles. The highest BCUT2D eigenvalue weighted by atomic mass is 16.5. The summed E-state index contributed by atoms with van der Waals surface area (Å²) in [6, 6.07) is 0. The summed E-state index contributed by atoms with van der Waals surface area (Å²) in [5, 5.41) is 0. The van der Waals surface area contributed by atoms with Gasteiger partial charge in [0.05, 0.1) is 0 Å². The molecule has 0 amide bonds. The lowest BCUT2D eigenvalue weighted by molar-refractivity contribution is 0.0805. The van der Waals surface area contributed by atoms with E-state index in [-0.39, 0.29) is 5.54 Å². The summed E-state index contributed by atoms with van der Waals surface area (Å²) < 4.78 is 10.5. The summed E-state index contributed by atoms with van der Waals surface area (Å²) >= 11 is 0. The Bertz CT molecular complexity index is 187. The first-order chi connectivity index (χ1) is 7.66. The van der Waals surface area contributed by atoms with E-state index in [2.05, 4.69) is 6.92 Å². The summed E-state index contributed by atoms with van der Waals surface area (Å²) in [5.74, 6) is 0.784. The van der Waals surface area contributed by atoms with Crippen LogP contribution in [0.3, 0.4) is 0 Å². The van der Waals surface area contributed by atoms with Crippen LogP contribution in [0.15, 0.2) is 0 Å². The molecule has 1 fully saturated rings. The second-order valence-corrected chi connectivity index (χ2v) is 5.27. The zero-order chi connectivity index (χ0) is 11.9. The smallest absolute Gasteiger partial charge is 0.0487 e. The van der Waals surface area contributed by atoms with Gasteiger partial charge in [0.2, 0.25) is 0 Å². The van der Waals surface area contributed by atoms with E-state index in [9.17, 15) is 0 Å². The van der Waals surface area contributed by atoms with Crippen molar-refractivity contribution in [3.05, 3.63) is 0 Å². The first-order valence-corrected chi connectivity index (χ1v) is 6.52. The molecule has 0 heterocycles. The van der Waals surface area contributed by atoms with E-state index in [4.69, 9.17) is 15.2 Å². The fraction of sp³-hybridized carbons (Fsp3) is 1.00. The van der Waals surface area contributed by atoms with Crippen molar-refractivity contribution >= 4 is 0 Å². The van der Waals surface area contributed by atoms with Gasteiger partial charge in [-0.05, 0) is 31.6 Å². The molecule has 3 heteroatoms. The number of rotatable bonds is 7. The average Bonchev–Trinajstić information content (AvgIpc) is 2.23. The van der Waals surface area contributed by atoms with Gasteiger partial charge >= 0.3 is 0 Å². The Morgan fingerprint density at radius 3 is 2.81 bits per heavy atom. The van der Waals surface area contributed by atoms with Gasteiger partial charge in [-0.15, -0.1) is 0 Å². The summed E-state index contributed by atoms with van der Waals surface area (Å²) in [7, 11) is 1.72. The van der Waals surface area contributed by atoms with Crippen molar-refractivity contribution in [3.8, 4) is 0 Å². The lowest BCUT2D eigenvalue weighted by atomic mass is 9.75. The second-order valence-electron chi connectivity index (χ2n) is 5.27. The number of methoxy groups -OCH3 is 1. The highest BCUT2D eigenvalue weighted by molar-refractivity contribution is 4.89. The minimum Gasteiger partial charge on any atom is -0.385 e. The number of ether oxygens (including phenoxy) is 2. The SMILES string of the molecule is COCCCOCCC1(N)CCCC(C)C1. The van der Waals surface area contributed by atoms with E-state index in [1.165, 1.54) is 19.3 Å². The van der Waals surface area contributed by atoms with Gasteiger partial charge in [-0.2, -0.15) is 0 Å². The lowest BCUT2D eigenvalue weighted by Crippen LogP contribution is -2.44. The highest BCUT2D eigenvalue weighted by Gasteiger charge is 2.30. The Labute approximate surface area is 99.7 Å². The van der Waals surface area contributed by atoms with Crippen LogP contribution in [0.4, 0.5) is 0 Å². The molecular formula is C13H27NO2. The first kappa shape index (κ1) is 13.9. The second kappa shape index (κ2) is 7.25. The first-order valence-electron chi connectivity index (χ1n) is 6.52. The van der Waals surface area contributed by atoms with Gasteiger partial charge in [-0.3, -0.25) is 0 Å². The van der Waals surface area contributed by atoms with Crippen LogP contribution in [0, 0.1) is 5.92 Å². The molecular weight excluding hydrogens is 202 g/mol. The normalized spacial score (nSPS) is 30.6. The molecule has 2 N–H and O–H groups in total. The van der Waals surface area contributed by atoms with Crippen molar-refractivity contribution in [3.63, 3.8) is 0 Å². The minimum atomic E-state index is 0.0406. The van der Waals surface area contributed by atoms with Gasteiger partial charge in [0.15, 0.2) is 0 Å². The molecule has 0 aromatic rings. The van der Waals surface area contributed by atoms with Crippen LogP contribution in [-0.2, 0) is 9.47 Å². The maximum Gasteiger partial charge on any atom is 0.0487 e. The van der Waals surface area contributed by atoms with E-state index in [0.29, 0.717) is 0 Å². The summed E-state index contributed by atoms with van der Waals surface area (Å²) in [4.78, 5) is 0. The van der Waals surface area contributed by atoms with Gasteiger partial charge in [-0.25, -0.2) is 0 Å². The summed E-state index contributed by atoms with van der Waals surface area (Å²) in [5.41, 5.74) is 6.43. The quantitative estimate of drug-likeness (QED) is 0.681. The molecule has 0 spiro atoms. The van der Waals surface area contributed by atoms with Gasteiger partial charge in [0, 0.05) is 32.5 Å². The van der Waals surface area contributed by atoms with Crippen LogP contribution < -0.4 is 5.73 Å². The van der Waals surface area contributed by atoms with Crippen molar-refractivity contribution in [2.24, 2.45) is 11.7 Å². The molecule has 0 radical (unpaired) electrons. The van der Waals surface area contributed by atoms with Crippen LogP contribution in [0.2, 0.25) is 0 Å². The molecule has 0 bridgehead atoms. The molecule has 0 aromatic heterocycles. The zero-order valence-electron chi connectivity index (χ0n) is 10.8. The molecule has 0 saturated heterocycles. The fourth-order valence-corrected chi connectivity index (χ4v) is 2.61. The summed E-state index contributed by atoms with van der Waals surface area (Å²) in [6.45, 7) is 4.68. The van der Waals surface area contributed by atoms with Crippen LogP contribution in [-0.4, -0.2) is 32.5 Å². The Morgan fingerprint density at radius 2 is 2.12 bits per heavy atom. The van der Waals surface area contributed by atoms with Crippen molar-refractivity contribution in [2.75, 3.05) is 26.9 Å². The van der Waals surface area contributed by atoms with Gasteiger partial charge in [0.1, 0.15) is 0 Å². The topological polar surface area (TPSA) is 44.5 Å². The van der Waals surface area contributed by atoms with Crippen LogP contribution in [0.5, 0.6) is 0 Å². The third-order valence-electron chi connectivity index (χ3n) is 3.51. The summed E-state index contributed by atoms with van der Waals surface area (Å²) in [6.07, 6.45) is 6.93. The minimum absolute atomic E-state index is 0.0406. The Hall–Kier alpha value is -0.120. The molecule has 2 atom stereocenters. The van der Waals surface area contributed by atoms with Gasteiger partial charge < -0.3 is 15.2 Å². The fourth-order valence-electron chi connectivity index (χ4n) is 2.61. The van der Waals surface area contributed by atoms with Crippen molar-refractivity contribution in [2.45, 2.75) is 51.0 Å². The van der Waals surface area contributed by atoms with Crippen molar-refractivity contribution in [1.29, 1.82) is 0 Å². The molecule has 1 saturated carbocycles. The zero-order valence-corrected chi connectivity index (χ0v) is 10.8. The van der Waals surface area contributed by atoms with E-state index in [1.54, 1.807) is 7.11 Å². The van der Waals surface area contributed by atoms with E-state index >= 15 is 0 Å². The maximum atomic E-state index is 6.39. The predicted molar refractivity (Wildman–Crippen MR) is 66.5 cm³/mol. The lowest BCUT2D eigenvalue weighted by Gasteiger charge is -2.36. The van der Waals surface area contributed by atoms with E-state index in [1.807, 2.05) is 0 Å². The predicted octanol–water partition coefficient (Wildman–Crippen LogP) is 2.34. The average molecular weight is 229 g/mol. The third-order valence-corrected chi connectivity index (χ3v) is 3.51. The monoisotopic (exact) mass is 229 g/mol. The van der Waals surface area contributed by atoms with Gasteiger partial charge in [0.25, 0.3) is 0 Å². The molecule has 96 valence electrons. The van der Waals surface area contributed by atoms with Crippen molar-refractivity contribution < 1.29 is 9.47 Å². The standard InChI is InChI=1S/C13H27NO2/c1-12-5-3-6-13(14,11-12)7-10-16-9-4-8-15-2/h12H,3-11,14H2,1-2H3. The Kier molecular flexibility index (Phi) is 6.32. The Balaban J connectivity index is 2.06. The molecule has 0 aliphatic heterocycles. The van der Waals surface area contributed by atoms with Crippen LogP contribution >= 0.6 is 0 Å². The molecule has 16 heavy (non-hydrogen) atoms. The molecule has 1 rings (SSSR count). The molecule has 2 unspecified atom stereocenters. The van der Waals surface area contributed by atoms with Gasteiger partial charge in [-0.1, -0.05) is 19.8 Å². The Morgan fingerprint density at radius 1 is 1.31 bits per heavy atom. The highest BCUT2D eigenvalue weighted by Crippen LogP contribution is 2.32. The van der Waals surface area contributed by atoms with E-state index in [0.717, 1.165) is 45.0 Å². The molecule has 1 aliphatic rings. The van der Waals surface area contributed by atoms with Crippen LogP contribution in [0.25, 0.3) is 0 Å². The number of hydrogen-bond donors (Lipinski definition) is 1. The molecule has 1 aliphatic carbocycles. The third kappa shape index (κ3) is 5.28. The molecule has 3 nitrogen and oxygen atoms in total. The van der Waals surface area contributed by atoms with E-state index < -0.39 is 0 Å². The maximum absolute atomic E-state index is 6.39. The van der Waals surface area contributed by atoms with Crippen LogP contribution in [0.1, 0.15) is 45.4 Å². The van der Waals surface area contributed by atoms with Crippen molar-refractivity contribution in [1.82, 2.24) is 0 Å². The number of nitrogens with two attached hydrogens (primary N) is 1. The largest absolute Gasteiger partial charge is 0.385 e.